The molecule has 4 nitrogen and oxygen atoms in total. The van der Waals surface area contributed by atoms with Gasteiger partial charge in [0.15, 0.2) is 6.29 Å². The zero-order valence-corrected chi connectivity index (χ0v) is 13.8. The molecule has 2 aromatic carbocycles. The monoisotopic (exact) mass is 328 g/mol. The van der Waals surface area contributed by atoms with Crippen molar-refractivity contribution in [3.05, 3.63) is 58.2 Å². The average Bonchev–Trinajstić information content (AvgIpc) is 2.99. The smallest absolute Gasteiger partial charge is 0.153 e. The minimum atomic E-state index is 0.444. The molecule has 0 spiro atoms. The van der Waals surface area contributed by atoms with Crippen molar-refractivity contribution in [2.45, 2.75) is 19.9 Å². The van der Waals surface area contributed by atoms with E-state index in [0.717, 1.165) is 29.2 Å². The molecule has 3 aromatic rings. The van der Waals surface area contributed by atoms with E-state index in [0.29, 0.717) is 22.9 Å². The second-order valence-corrected chi connectivity index (χ2v) is 5.72. The van der Waals surface area contributed by atoms with Crippen LogP contribution in [-0.2, 0) is 13.0 Å². The lowest BCUT2D eigenvalue weighted by Gasteiger charge is -2.11. The number of halogens is 1. The van der Waals surface area contributed by atoms with E-state index in [9.17, 15) is 4.79 Å². The lowest BCUT2D eigenvalue weighted by atomic mass is 10.1. The molecule has 1 heterocycles. The quantitative estimate of drug-likeness (QED) is 0.662. The molecule has 1 aromatic heterocycles. The third-order valence-corrected chi connectivity index (χ3v) is 4.36. The number of ether oxygens (including phenoxy) is 1. The zero-order valence-electron chi connectivity index (χ0n) is 13.0. The van der Waals surface area contributed by atoms with Gasteiger partial charge in [0.25, 0.3) is 0 Å². The van der Waals surface area contributed by atoms with Crippen LogP contribution in [0.1, 0.15) is 28.4 Å². The SMILES string of the molecule is CCc1cccc2c1cnn2Cc1cc(OC)c(C=O)cc1Cl. The maximum atomic E-state index is 11.1. The zero-order chi connectivity index (χ0) is 16.4. The van der Waals surface area contributed by atoms with Gasteiger partial charge in [-0.05, 0) is 35.7 Å². The number of aldehydes is 1. The van der Waals surface area contributed by atoms with Gasteiger partial charge in [0.05, 0.1) is 30.9 Å². The molecule has 23 heavy (non-hydrogen) atoms. The Labute approximate surface area is 139 Å². The van der Waals surface area contributed by atoms with E-state index in [1.165, 1.54) is 12.7 Å². The van der Waals surface area contributed by atoms with Crippen molar-refractivity contribution < 1.29 is 9.53 Å². The summed E-state index contributed by atoms with van der Waals surface area (Å²) in [7, 11) is 1.54. The van der Waals surface area contributed by atoms with Crippen molar-refractivity contribution in [1.82, 2.24) is 9.78 Å². The summed E-state index contributed by atoms with van der Waals surface area (Å²) in [4.78, 5) is 11.1. The highest BCUT2D eigenvalue weighted by Crippen LogP contribution is 2.28. The number of methoxy groups -OCH3 is 1. The Morgan fingerprint density at radius 3 is 2.83 bits per heavy atom. The number of nitrogens with zero attached hydrogens (tertiary/aromatic N) is 2. The van der Waals surface area contributed by atoms with E-state index in [1.54, 1.807) is 12.1 Å². The van der Waals surface area contributed by atoms with E-state index in [1.807, 2.05) is 23.0 Å². The first-order valence-electron chi connectivity index (χ1n) is 7.43. The van der Waals surface area contributed by atoms with Crippen LogP contribution in [0, 0.1) is 0 Å². The Hall–Kier alpha value is -2.33. The number of carbonyl (C=O) groups excluding carboxylic acids is 1. The van der Waals surface area contributed by atoms with Crippen LogP contribution < -0.4 is 4.74 Å². The summed E-state index contributed by atoms with van der Waals surface area (Å²) in [6.45, 7) is 2.65. The Kier molecular flexibility index (Phi) is 4.35. The predicted octanol–water partition coefficient (Wildman–Crippen LogP) is 4.12. The van der Waals surface area contributed by atoms with Crippen molar-refractivity contribution in [2.75, 3.05) is 7.11 Å². The number of aromatic nitrogens is 2. The first kappa shape index (κ1) is 15.6. The summed E-state index contributed by atoms with van der Waals surface area (Å²) < 4.78 is 7.17. The summed E-state index contributed by atoms with van der Waals surface area (Å²) in [5.74, 6) is 0.519. The Balaban J connectivity index is 2.04. The van der Waals surface area contributed by atoms with Crippen LogP contribution in [0.2, 0.25) is 5.02 Å². The molecule has 0 aliphatic heterocycles. The van der Waals surface area contributed by atoms with Crippen molar-refractivity contribution in [2.24, 2.45) is 0 Å². The normalized spacial score (nSPS) is 10.9. The molecule has 118 valence electrons. The Morgan fingerprint density at radius 2 is 2.13 bits per heavy atom. The highest BCUT2D eigenvalue weighted by Gasteiger charge is 2.12. The standard InChI is InChI=1S/C18H17ClN2O2/c1-3-12-5-4-6-17-15(12)9-20-21(17)10-13-8-18(23-2)14(11-22)7-16(13)19/h4-9,11H,3,10H2,1-2H3. The summed E-state index contributed by atoms with van der Waals surface area (Å²) >= 11 is 6.31. The lowest BCUT2D eigenvalue weighted by Crippen LogP contribution is -2.03. The fraction of sp³-hybridized carbons (Fsp3) is 0.222. The summed E-state index contributed by atoms with van der Waals surface area (Å²) in [6, 6.07) is 9.63. The molecule has 0 N–H and O–H groups in total. The van der Waals surface area contributed by atoms with Gasteiger partial charge < -0.3 is 4.74 Å². The molecule has 0 aliphatic carbocycles. The van der Waals surface area contributed by atoms with Gasteiger partial charge in [0, 0.05) is 10.4 Å². The number of rotatable bonds is 5. The summed E-state index contributed by atoms with van der Waals surface area (Å²) in [5.41, 5.74) is 3.65. The molecule has 0 unspecified atom stereocenters. The van der Waals surface area contributed by atoms with Gasteiger partial charge in [0.1, 0.15) is 5.75 Å². The topological polar surface area (TPSA) is 44.1 Å². The molecule has 0 radical (unpaired) electrons. The first-order valence-corrected chi connectivity index (χ1v) is 7.80. The fourth-order valence-electron chi connectivity index (χ4n) is 2.76. The van der Waals surface area contributed by atoms with Crippen molar-refractivity contribution in [3.63, 3.8) is 0 Å². The predicted molar refractivity (Wildman–Crippen MR) is 91.6 cm³/mol. The van der Waals surface area contributed by atoms with Crippen LogP contribution in [-0.4, -0.2) is 23.2 Å². The van der Waals surface area contributed by atoms with E-state index >= 15 is 0 Å². The van der Waals surface area contributed by atoms with Gasteiger partial charge in [-0.25, -0.2) is 0 Å². The lowest BCUT2D eigenvalue weighted by molar-refractivity contribution is 0.112. The van der Waals surface area contributed by atoms with Gasteiger partial charge in [-0.1, -0.05) is 30.7 Å². The third kappa shape index (κ3) is 2.82. The average molecular weight is 329 g/mol. The molecule has 0 saturated carbocycles. The van der Waals surface area contributed by atoms with Gasteiger partial charge >= 0.3 is 0 Å². The first-order chi connectivity index (χ1) is 11.2. The van der Waals surface area contributed by atoms with Crippen LogP contribution >= 0.6 is 11.6 Å². The molecule has 0 amide bonds. The number of hydrogen-bond acceptors (Lipinski definition) is 3. The van der Waals surface area contributed by atoms with Crippen molar-refractivity contribution in [1.29, 1.82) is 0 Å². The van der Waals surface area contributed by atoms with Crippen LogP contribution in [0.4, 0.5) is 0 Å². The Bertz CT molecular complexity index is 871. The molecule has 0 saturated heterocycles. The highest BCUT2D eigenvalue weighted by molar-refractivity contribution is 6.31. The molecule has 0 fully saturated rings. The van der Waals surface area contributed by atoms with E-state index in [2.05, 4.69) is 18.1 Å². The number of hydrogen-bond donors (Lipinski definition) is 0. The van der Waals surface area contributed by atoms with E-state index < -0.39 is 0 Å². The number of carbonyl (C=O) groups is 1. The summed E-state index contributed by atoms with van der Waals surface area (Å²) in [6.07, 6.45) is 3.59. The minimum Gasteiger partial charge on any atom is -0.496 e. The molecular formula is C18H17ClN2O2. The van der Waals surface area contributed by atoms with Crippen molar-refractivity contribution in [3.8, 4) is 5.75 Å². The van der Waals surface area contributed by atoms with Crippen LogP contribution in [0.3, 0.4) is 0 Å². The fourth-order valence-corrected chi connectivity index (χ4v) is 2.99. The van der Waals surface area contributed by atoms with Gasteiger partial charge in [-0.15, -0.1) is 0 Å². The van der Waals surface area contributed by atoms with Gasteiger partial charge in [0.2, 0.25) is 0 Å². The van der Waals surface area contributed by atoms with Gasteiger partial charge in [-0.2, -0.15) is 5.10 Å². The minimum absolute atomic E-state index is 0.444. The maximum Gasteiger partial charge on any atom is 0.153 e. The van der Waals surface area contributed by atoms with Crippen LogP contribution in [0.5, 0.6) is 5.75 Å². The second kappa shape index (κ2) is 6.42. The highest BCUT2D eigenvalue weighted by atomic mass is 35.5. The second-order valence-electron chi connectivity index (χ2n) is 5.31. The molecule has 5 heteroatoms. The van der Waals surface area contributed by atoms with Crippen LogP contribution in [0.15, 0.2) is 36.5 Å². The third-order valence-electron chi connectivity index (χ3n) is 4.00. The summed E-state index contributed by atoms with van der Waals surface area (Å²) in [5, 5.41) is 6.17. The van der Waals surface area contributed by atoms with Crippen molar-refractivity contribution >= 4 is 28.8 Å². The maximum absolute atomic E-state index is 11.1. The number of aryl methyl sites for hydroxylation is 1. The van der Waals surface area contributed by atoms with Crippen LogP contribution in [0.25, 0.3) is 10.9 Å². The Morgan fingerprint density at radius 1 is 1.30 bits per heavy atom. The number of fused-ring (bicyclic) bond motifs is 1. The molecule has 0 aliphatic rings. The van der Waals surface area contributed by atoms with E-state index in [4.69, 9.17) is 16.3 Å². The molecular weight excluding hydrogens is 312 g/mol. The molecule has 3 rings (SSSR count). The largest absolute Gasteiger partial charge is 0.496 e. The van der Waals surface area contributed by atoms with Gasteiger partial charge in [-0.3, -0.25) is 9.48 Å². The molecule has 0 atom stereocenters. The van der Waals surface area contributed by atoms with E-state index in [-0.39, 0.29) is 0 Å². The number of benzene rings is 2. The molecule has 0 bridgehead atoms.